The topological polar surface area (TPSA) is 109 Å². The quantitative estimate of drug-likeness (QED) is 0.580. The molecule has 0 saturated carbocycles. The number of fused-ring (bicyclic) bond motifs is 1. The Balaban J connectivity index is 2.01. The number of hydrogen-bond acceptors (Lipinski definition) is 7. The lowest BCUT2D eigenvalue weighted by atomic mass is 10.1. The van der Waals surface area contributed by atoms with Crippen molar-refractivity contribution in [1.82, 2.24) is 19.9 Å². The number of terminal acetylenes is 1. The van der Waals surface area contributed by atoms with Gasteiger partial charge in [0, 0.05) is 18.0 Å². The monoisotopic (exact) mass is 333 g/mol. The van der Waals surface area contributed by atoms with Crippen molar-refractivity contribution >= 4 is 28.6 Å². The van der Waals surface area contributed by atoms with Gasteiger partial charge in [0.15, 0.2) is 0 Å². The van der Waals surface area contributed by atoms with Gasteiger partial charge in [-0.1, -0.05) is 12.8 Å². The van der Waals surface area contributed by atoms with E-state index in [0.29, 0.717) is 29.0 Å². The highest BCUT2D eigenvalue weighted by Crippen LogP contribution is 2.43. The first kappa shape index (κ1) is 16.1. The van der Waals surface area contributed by atoms with Gasteiger partial charge in [0.2, 0.25) is 0 Å². The van der Waals surface area contributed by atoms with Gasteiger partial charge in [0.25, 0.3) is 0 Å². The predicted octanol–water partition coefficient (Wildman–Crippen LogP) is -0.0599. The number of hydrogen-bond donors (Lipinski definition) is 4. The molecular formula is C15H19N5O2S. The molecule has 0 radical (unpaired) electrons. The van der Waals surface area contributed by atoms with Crippen LogP contribution in [0.2, 0.25) is 0 Å². The SMILES string of the molecule is C#Cc1cn([C@@H]2S[C@H](CNCC)[C@@H](O)[C@H]2O)c2ncnc(N)c12. The fourth-order valence-electron chi connectivity index (χ4n) is 2.83. The van der Waals surface area contributed by atoms with Gasteiger partial charge in [-0.25, -0.2) is 9.97 Å². The number of aliphatic hydroxyl groups excluding tert-OH is 2. The molecule has 0 spiro atoms. The van der Waals surface area contributed by atoms with Gasteiger partial charge in [-0.3, -0.25) is 0 Å². The highest BCUT2D eigenvalue weighted by Gasteiger charge is 2.43. The van der Waals surface area contributed by atoms with Crippen molar-refractivity contribution in [2.24, 2.45) is 0 Å². The average Bonchev–Trinajstić information content (AvgIpc) is 3.06. The molecule has 0 bridgehead atoms. The van der Waals surface area contributed by atoms with Crippen LogP contribution < -0.4 is 11.1 Å². The third-order valence-corrected chi connectivity index (χ3v) is 5.58. The maximum Gasteiger partial charge on any atom is 0.147 e. The van der Waals surface area contributed by atoms with Crippen molar-refractivity contribution in [2.45, 2.75) is 29.8 Å². The lowest BCUT2D eigenvalue weighted by molar-refractivity contribution is 0.0187. The average molecular weight is 333 g/mol. The minimum Gasteiger partial charge on any atom is -0.389 e. The molecule has 0 aliphatic carbocycles. The fourth-order valence-corrected chi connectivity index (χ4v) is 4.33. The summed E-state index contributed by atoms with van der Waals surface area (Å²) < 4.78 is 1.78. The van der Waals surface area contributed by atoms with Crippen LogP contribution in [0.4, 0.5) is 5.82 Å². The number of aliphatic hydroxyl groups is 2. The first-order chi connectivity index (χ1) is 11.1. The Morgan fingerprint density at radius 2 is 2.22 bits per heavy atom. The van der Waals surface area contributed by atoms with Gasteiger partial charge < -0.3 is 25.8 Å². The second-order valence-electron chi connectivity index (χ2n) is 5.41. The lowest BCUT2D eigenvalue weighted by Crippen LogP contribution is -2.36. The molecule has 2 aromatic heterocycles. The smallest absolute Gasteiger partial charge is 0.147 e. The van der Waals surface area contributed by atoms with Crippen molar-refractivity contribution < 1.29 is 10.2 Å². The van der Waals surface area contributed by atoms with E-state index in [9.17, 15) is 10.2 Å². The zero-order valence-electron chi connectivity index (χ0n) is 12.7. The molecule has 23 heavy (non-hydrogen) atoms. The fraction of sp³-hybridized carbons (Fsp3) is 0.467. The maximum atomic E-state index is 10.4. The van der Waals surface area contributed by atoms with Crippen LogP contribution in [0.1, 0.15) is 17.9 Å². The van der Waals surface area contributed by atoms with Crippen molar-refractivity contribution in [2.75, 3.05) is 18.8 Å². The molecule has 8 heteroatoms. The molecule has 1 saturated heterocycles. The number of thioether (sulfide) groups is 1. The summed E-state index contributed by atoms with van der Waals surface area (Å²) in [5, 5.41) is 24.0. The second kappa shape index (κ2) is 6.37. The van der Waals surface area contributed by atoms with Crippen LogP contribution in [-0.4, -0.2) is 55.3 Å². The molecule has 5 N–H and O–H groups in total. The Hall–Kier alpha value is -1.79. The molecule has 1 aliphatic heterocycles. The molecule has 2 aromatic rings. The predicted molar refractivity (Wildman–Crippen MR) is 90.8 cm³/mol. The summed E-state index contributed by atoms with van der Waals surface area (Å²) in [6.07, 6.45) is 6.91. The van der Waals surface area contributed by atoms with E-state index in [2.05, 4.69) is 21.2 Å². The van der Waals surface area contributed by atoms with Crippen LogP contribution in [0.5, 0.6) is 0 Å². The molecule has 1 fully saturated rings. The van der Waals surface area contributed by atoms with E-state index in [-0.39, 0.29) is 10.6 Å². The first-order valence-electron chi connectivity index (χ1n) is 7.38. The number of nitrogens with one attached hydrogen (secondary N) is 1. The number of nitrogen functional groups attached to an aromatic ring is 1. The summed E-state index contributed by atoms with van der Waals surface area (Å²) in [4.78, 5) is 8.23. The van der Waals surface area contributed by atoms with Gasteiger partial charge in [-0.2, -0.15) is 0 Å². The van der Waals surface area contributed by atoms with Crippen LogP contribution in [0, 0.1) is 12.3 Å². The highest BCUT2D eigenvalue weighted by molar-refractivity contribution is 8.00. The summed E-state index contributed by atoms with van der Waals surface area (Å²) in [6, 6.07) is 0. The zero-order chi connectivity index (χ0) is 16.6. The molecule has 0 unspecified atom stereocenters. The zero-order valence-corrected chi connectivity index (χ0v) is 13.5. The number of nitrogens with zero attached hydrogens (tertiary/aromatic N) is 3. The minimum atomic E-state index is -0.916. The van der Waals surface area contributed by atoms with Gasteiger partial charge in [-0.05, 0) is 6.54 Å². The molecular weight excluding hydrogens is 314 g/mol. The second-order valence-corrected chi connectivity index (χ2v) is 6.77. The molecule has 0 aromatic carbocycles. The minimum absolute atomic E-state index is 0.110. The number of rotatable bonds is 4. The molecule has 3 rings (SSSR count). The molecule has 3 heterocycles. The number of anilines is 1. The number of nitrogens with two attached hydrogens (primary N) is 1. The molecule has 7 nitrogen and oxygen atoms in total. The third-order valence-electron chi connectivity index (χ3n) is 4.00. The normalized spacial score (nSPS) is 27.4. The Morgan fingerprint density at radius 1 is 1.43 bits per heavy atom. The third kappa shape index (κ3) is 2.66. The van der Waals surface area contributed by atoms with Crippen LogP contribution in [0.25, 0.3) is 11.0 Å². The Kier molecular flexibility index (Phi) is 4.46. The van der Waals surface area contributed by atoms with E-state index >= 15 is 0 Å². The lowest BCUT2D eigenvalue weighted by Gasteiger charge is -2.17. The maximum absolute atomic E-state index is 10.4. The Morgan fingerprint density at radius 3 is 2.91 bits per heavy atom. The van der Waals surface area contributed by atoms with E-state index in [4.69, 9.17) is 12.2 Å². The summed E-state index contributed by atoms with van der Waals surface area (Å²) >= 11 is 1.50. The van der Waals surface area contributed by atoms with E-state index in [1.807, 2.05) is 6.92 Å². The molecule has 122 valence electrons. The summed E-state index contributed by atoms with van der Waals surface area (Å²) in [6.45, 7) is 3.43. The van der Waals surface area contributed by atoms with Crippen molar-refractivity contribution in [3.05, 3.63) is 18.1 Å². The van der Waals surface area contributed by atoms with Crippen molar-refractivity contribution in [1.29, 1.82) is 0 Å². The largest absolute Gasteiger partial charge is 0.389 e. The van der Waals surface area contributed by atoms with Gasteiger partial charge in [-0.15, -0.1) is 18.2 Å². The standard InChI is InChI=1S/C15H19N5O2S/c1-3-8-6-20(14-10(8)13(16)18-7-19-14)15-12(22)11(21)9(23-15)5-17-4-2/h1,6-7,9,11-12,15,17,21-22H,4-5H2,2H3,(H2,16,18,19)/t9-,11-,12-,15-/m1/s1. The van der Waals surface area contributed by atoms with Crippen LogP contribution in [-0.2, 0) is 0 Å². The van der Waals surface area contributed by atoms with E-state index in [1.165, 1.54) is 18.1 Å². The van der Waals surface area contributed by atoms with Gasteiger partial charge in [0.05, 0.1) is 17.1 Å². The summed E-state index contributed by atoms with van der Waals surface area (Å²) in [5.74, 6) is 2.89. The van der Waals surface area contributed by atoms with Crippen LogP contribution in [0.3, 0.4) is 0 Å². The van der Waals surface area contributed by atoms with E-state index < -0.39 is 12.2 Å². The van der Waals surface area contributed by atoms with E-state index in [0.717, 1.165) is 6.54 Å². The Labute approximate surface area is 138 Å². The van der Waals surface area contributed by atoms with E-state index in [1.54, 1.807) is 10.8 Å². The molecule has 4 atom stereocenters. The van der Waals surface area contributed by atoms with Crippen LogP contribution in [0.15, 0.2) is 12.5 Å². The van der Waals surface area contributed by atoms with Crippen molar-refractivity contribution in [3.8, 4) is 12.3 Å². The van der Waals surface area contributed by atoms with Gasteiger partial charge in [0.1, 0.15) is 29.3 Å². The summed E-state index contributed by atoms with van der Waals surface area (Å²) in [5.41, 5.74) is 7.06. The molecule has 1 aliphatic rings. The first-order valence-corrected chi connectivity index (χ1v) is 8.32. The van der Waals surface area contributed by atoms with Crippen molar-refractivity contribution in [3.63, 3.8) is 0 Å². The van der Waals surface area contributed by atoms with Crippen LogP contribution >= 0.6 is 11.8 Å². The highest BCUT2D eigenvalue weighted by atomic mass is 32.2. The summed E-state index contributed by atoms with van der Waals surface area (Å²) in [7, 11) is 0. The molecule has 0 amide bonds. The number of aromatic nitrogens is 3. The van der Waals surface area contributed by atoms with Gasteiger partial charge >= 0.3 is 0 Å². The Bertz CT molecular complexity index is 756.